The van der Waals surface area contributed by atoms with Crippen LogP contribution in [-0.4, -0.2) is 42.0 Å². The molecule has 3 rings (SSSR count). The zero-order valence-corrected chi connectivity index (χ0v) is 14.7. The number of H-pyrrole nitrogens is 1. The highest BCUT2D eigenvalue weighted by atomic mass is 32.1. The Morgan fingerprint density at radius 3 is 2.96 bits per heavy atom. The van der Waals surface area contributed by atoms with Crippen LogP contribution in [0.2, 0.25) is 0 Å². The van der Waals surface area contributed by atoms with Crippen LogP contribution in [0.5, 0.6) is 5.75 Å². The zero-order chi connectivity index (χ0) is 17.1. The number of hydrogen-bond acceptors (Lipinski definition) is 5. The summed E-state index contributed by atoms with van der Waals surface area (Å²) in [6.07, 6.45) is 0. The largest absolute Gasteiger partial charge is 0.497 e. The molecule has 0 saturated heterocycles. The maximum absolute atomic E-state index is 12.2. The summed E-state index contributed by atoms with van der Waals surface area (Å²) in [4.78, 5) is 21.9. The Morgan fingerprint density at radius 1 is 1.38 bits per heavy atom. The van der Waals surface area contributed by atoms with Crippen LogP contribution in [0.4, 0.5) is 0 Å². The summed E-state index contributed by atoms with van der Waals surface area (Å²) < 4.78 is 5.22. The number of thiazole rings is 1. The van der Waals surface area contributed by atoms with Crippen LogP contribution >= 0.6 is 11.3 Å². The van der Waals surface area contributed by atoms with E-state index in [1.165, 1.54) is 11.3 Å². The number of benzene rings is 1. The fraction of sp³-hybridized carbons (Fsp3) is 0.294. The van der Waals surface area contributed by atoms with E-state index in [0.29, 0.717) is 12.2 Å². The molecule has 0 bridgehead atoms. The number of methoxy groups -OCH3 is 1. The van der Waals surface area contributed by atoms with Gasteiger partial charge in [0, 0.05) is 28.5 Å². The maximum Gasteiger partial charge on any atom is 0.271 e. The van der Waals surface area contributed by atoms with E-state index in [4.69, 9.17) is 4.74 Å². The molecule has 0 aliphatic rings. The average molecular weight is 344 g/mol. The van der Waals surface area contributed by atoms with Crippen molar-refractivity contribution in [2.75, 3.05) is 21.2 Å². The van der Waals surface area contributed by atoms with Gasteiger partial charge in [0.1, 0.15) is 16.5 Å². The highest BCUT2D eigenvalue weighted by Crippen LogP contribution is 2.21. The average Bonchev–Trinajstić information content (AvgIpc) is 3.17. The minimum Gasteiger partial charge on any atom is -0.497 e. The van der Waals surface area contributed by atoms with Crippen molar-refractivity contribution in [3.63, 3.8) is 0 Å². The molecule has 24 heavy (non-hydrogen) atoms. The molecule has 0 aliphatic carbocycles. The van der Waals surface area contributed by atoms with Gasteiger partial charge in [0.25, 0.3) is 5.91 Å². The third-order valence-electron chi connectivity index (χ3n) is 3.56. The van der Waals surface area contributed by atoms with Crippen molar-refractivity contribution in [1.29, 1.82) is 0 Å². The van der Waals surface area contributed by atoms with Gasteiger partial charge in [-0.1, -0.05) is 0 Å². The predicted molar refractivity (Wildman–Crippen MR) is 95.5 cm³/mol. The van der Waals surface area contributed by atoms with E-state index in [1.807, 2.05) is 43.3 Å². The Balaban J connectivity index is 1.64. The molecule has 0 radical (unpaired) electrons. The summed E-state index contributed by atoms with van der Waals surface area (Å²) in [5.41, 5.74) is 2.42. The van der Waals surface area contributed by atoms with Crippen LogP contribution in [0.15, 0.2) is 29.6 Å². The number of carbonyl (C=O) groups excluding carboxylic acids is 1. The molecular formula is C17H20N4O2S. The van der Waals surface area contributed by atoms with Gasteiger partial charge in [-0.25, -0.2) is 4.98 Å². The van der Waals surface area contributed by atoms with Crippen LogP contribution in [0.1, 0.15) is 21.2 Å². The van der Waals surface area contributed by atoms with Gasteiger partial charge < -0.3 is 19.9 Å². The number of rotatable bonds is 6. The number of aromatic nitrogens is 2. The summed E-state index contributed by atoms with van der Waals surface area (Å²) >= 11 is 1.50. The lowest BCUT2D eigenvalue weighted by atomic mass is 10.2. The number of amides is 1. The van der Waals surface area contributed by atoms with E-state index in [2.05, 4.69) is 15.3 Å². The third kappa shape index (κ3) is 3.74. The molecule has 0 unspecified atom stereocenters. The summed E-state index contributed by atoms with van der Waals surface area (Å²) in [5.74, 6) is 0.653. The molecule has 0 fully saturated rings. The topological polar surface area (TPSA) is 70.2 Å². The number of aromatic amines is 1. The van der Waals surface area contributed by atoms with Crippen molar-refractivity contribution in [2.24, 2.45) is 0 Å². The summed E-state index contributed by atoms with van der Waals surface area (Å²) in [7, 11) is 5.60. The molecule has 0 aliphatic heterocycles. The normalized spacial score (nSPS) is 11.2. The first kappa shape index (κ1) is 16.5. The molecule has 0 saturated carbocycles. The Kier molecular flexibility index (Phi) is 4.82. The van der Waals surface area contributed by atoms with Crippen molar-refractivity contribution in [3.8, 4) is 5.75 Å². The number of ether oxygens (including phenoxy) is 1. The maximum atomic E-state index is 12.2. The number of carbonyl (C=O) groups is 1. The lowest BCUT2D eigenvalue weighted by Crippen LogP contribution is -2.23. The molecule has 126 valence electrons. The molecule has 6 nitrogen and oxygen atoms in total. The second-order valence-corrected chi connectivity index (χ2v) is 6.74. The quantitative estimate of drug-likeness (QED) is 0.721. The number of nitrogens with one attached hydrogen (secondary N) is 2. The van der Waals surface area contributed by atoms with Crippen LogP contribution in [0.3, 0.4) is 0 Å². The third-order valence-corrected chi connectivity index (χ3v) is 4.39. The summed E-state index contributed by atoms with van der Waals surface area (Å²) in [6.45, 7) is 1.16. The van der Waals surface area contributed by atoms with E-state index in [1.54, 1.807) is 12.5 Å². The second kappa shape index (κ2) is 7.02. The molecule has 1 amide bonds. The SMILES string of the molecule is COc1ccc2[nH]c(CNC(=O)c3csc(CN(C)C)n3)cc2c1. The number of fused-ring (bicyclic) bond motifs is 1. The standard InChI is InChI=1S/C17H20N4O2S/c1-21(2)9-16-20-15(10-24-16)17(22)18-8-12-6-11-7-13(23-3)4-5-14(11)19-12/h4-7,10,19H,8-9H2,1-3H3,(H,18,22). The van der Waals surface area contributed by atoms with E-state index in [9.17, 15) is 4.79 Å². The van der Waals surface area contributed by atoms with Crippen LogP contribution in [0.25, 0.3) is 10.9 Å². The fourth-order valence-corrected chi connectivity index (χ4v) is 3.31. The van der Waals surface area contributed by atoms with Crippen LogP contribution in [0, 0.1) is 0 Å². The predicted octanol–water partition coefficient (Wildman–Crippen LogP) is 2.62. The number of nitrogens with zero attached hydrogens (tertiary/aromatic N) is 2. The molecule has 3 aromatic rings. The molecule has 2 heterocycles. The highest BCUT2D eigenvalue weighted by Gasteiger charge is 2.11. The van der Waals surface area contributed by atoms with Gasteiger partial charge in [0.2, 0.25) is 0 Å². The Morgan fingerprint density at radius 2 is 2.21 bits per heavy atom. The second-order valence-electron chi connectivity index (χ2n) is 5.79. The van der Waals surface area contributed by atoms with Crippen molar-refractivity contribution < 1.29 is 9.53 Å². The Bertz CT molecular complexity index is 853. The Hall–Kier alpha value is -2.38. The van der Waals surface area contributed by atoms with Gasteiger partial charge in [-0.2, -0.15) is 0 Å². The molecule has 2 aromatic heterocycles. The fourth-order valence-electron chi connectivity index (χ4n) is 2.42. The first-order valence-corrected chi connectivity index (χ1v) is 8.46. The minimum atomic E-state index is -0.160. The monoisotopic (exact) mass is 344 g/mol. The van der Waals surface area contributed by atoms with Gasteiger partial charge in [-0.3, -0.25) is 4.79 Å². The molecule has 1 aromatic carbocycles. The lowest BCUT2D eigenvalue weighted by Gasteiger charge is -2.05. The van der Waals surface area contributed by atoms with Crippen LogP contribution < -0.4 is 10.1 Å². The smallest absolute Gasteiger partial charge is 0.271 e. The molecule has 2 N–H and O–H groups in total. The van der Waals surface area contributed by atoms with Crippen molar-refractivity contribution in [2.45, 2.75) is 13.1 Å². The van der Waals surface area contributed by atoms with Crippen molar-refractivity contribution >= 4 is 28.1 Å². The van der Waals surface area contributed by atoms with Crippen molar-refractivity contribution in [1.82, 2.24) is 20.2 Å². The molecule has 7 heteroatoms. The van der Waals surface area contributed by atoms with Gasteiger partial charge in [0.15, 0.2) is 0 Å². The Labute approximate surface area is 144 Å². The first-order valence-electron chi connectivity index (χ1n) is 7.58. The van der Waals surface area contributed by atoms with Crippen LogP contribution in [-0.2, 0) is 13.1 Å². The van der Waals surface area contributed by atoms with Gasteiger partial charge in [0.05, 0.1) is 13.7 Å². The lowest BCUT2D eigenvalue weighted by molar-refractivity contribution is 0.0946. The molecular weight excluding hydrogens is 324 g/mol. The van der Waals surface area contributed by atoms with E-state index in [-0.39, 0.29) is 5.91 Å². The van der Waals surface area contributed by atoms with E-state index >= 15 is 0 Å². The molecule has 0 spiro atoms. The summed E-state index contributed by atoms with van der Waals surface area (Å²) in [5, 5.41) is 6.69. The summed E-state index contributed by atoms with van der Waals surface area (Å²) in [6, 6.07) is 7.85. The van der Waals surface area contributed by atoms with E-state index < -0.39 is 0 Å². The highest BCUT2D eigenvalue weighted by molar-refractivity contribution is 7.09. The van der Waals surface area contributed by atoms with E-state index in [0.717, 1.165) is 33.9 Å². The number of hydrogen-bond donors (Lipinski definition) is 2. The van der Waals surface area contributed by atoms with Gasteiger partial charge in [-0.05, 0) is 38.4 Å². The van der Waals surface area contributed by atoms with Gasteiger partial charge >= 0.3 is 0 Å². The minimum absolute atomic E-state index is 0.160. The zero-order valence-electron chi connectivity index (χ0n) is 13.9. The molecule has 0 atom stereocenters. The van der Waals surface area contributed by atoms with Crippen molar-refractivity contribution in [3.05, 3.63) is 46.0 Å². The first-order chi connectivity index (χ1) is 11.5. The van der Waals surface area contributed by atoms with Gasteiger partial charge in [-0.15, -0.1) is 11.3 Å².